The van der Waals surface area contributed by atoms with E-state index in [-0.39, 0.29) is 0 Å². The quantitative estimate of drug-likeness (QED) is 0.392. The molecule has 1 N–H and O–H groups in total. The molecular weight excluding hydrogens is 114 g/mol. The van der Waals surface area contributed by atoms with Crippen LogP contribution in [0.2, 0.25) is 0 Å². The zero-order valence-corrected chi connectivity index (χ0v) is 5.80. The molecule has 0 amide bonds. The van der Waals surface area contributed by atoms with Crippen LogP contribution >= 0.6 is 0 Å². The van der Waals surface area contributed by atoms with Gasteiger partial charge >= 0.3 is 0 Å². The van der Waals surface area contributed by atoms with Crippen molar-refractivity contribution in [1.82, 2.24) is 0 Å². The van der Waals surface area contributed by atoms with Gasteiger partial charge in [0.25, 0.3) is 0 Å². The molecule has 0 saturated heterocycles. The first-order valence-electron chi connectivity index (χ1n) is 3.52. The number of hydrogen-bond acceptors (Lipinski definition) is 2. The molecule has 2 nitrogen and oxygen atoms in total. The van der Waals surface area contributed by atoms with Crippen molar-refractivity contribution in [3.63, 3.8) is 0 Å². The smallest absolute Gasteiger partial charge is 0.0573 e. The van der Waals surface area contributed by atoms with E-state index in [0.29, 0.717) is 0 Å². The van der Waals surface area contributed by atoms with Gasteiger partial charge in [0.2, 0.25) is 0 Å². The molecule has 0 aliphatic heterocycles. The monoisotopic (exact) mass is 127 g/mol. The minimum atomic E-state index is 0.727. The van der Waals surface area contributed by atoms with Gasteiger partial charge in [0.1, 0.15) is 0 Å². The largest absolute Gasteiger partial charge is 0.411 e. The van der Waals surface area contributed by atoms with Crippen molar-refractivity contribution < 1.29 is 5.21 Å². The van der Waals surface area contributed by atoms with Gasteiger partial charge < -0.3 is 5.21 Å². The van der Waals surface area contributed by atoms with E-state index in [1.807, 2.05) is 0 Å². The summed E-state index contributed by atoms with van der Waals surface area (Å²) in [6.45, 7) is 2.20. The standard InChI is InChI=1S/C7H13NO/c1-6-3-2-4-7(5-6)8-9/h6,9H,2-5H2,1H3/b8-7-. The van der Waals surface area contributed by atoms with E-state index in [4.69, 9.17) is 5.21 Å². The van der Waals surface area contributed by atoms with Crippen molar-refractivity contribution in [1.29, 1.82) is 0 Å². The summed E-state index contributed by atoms with van der Waals surface area (Å²) in [5.74, 6) is 0.727. The average molecular weight is 127 g/mol. The third kappa shape index (κ3) is 1.70. The Labute approximate surface area is 55.6 Å². The summed E-state index contributed by atoms with van der Waals surface area (Å²) in [7, 11) is 0. The molecule has 0 spiro atoms. The number of oxime groups is 1. The second kappa shape index (κ2) is 2.85. The highest BCUT2D eigenvalue weighted by atomic mass is 16.4. The zero-order valence-electron chi connectivity index (χ0n) is 5.80. The molecule has 0 aromatic heterocycles. The summed E-state index contributed by atoms with van der Waals surface area (Å²) in [6.07, 6.45) is 4.48. The third-order valence-electron chi connectivity index (χ3n) is 1.89. The highest BCUT2D eigenvalue weighted by Gasteiger charge is 2.13. The third-order valence-corrected chi connectivity index (χ3v) is 1.89. The molecule has 1 unspecified atom stereocenters. The lowest BCUT2D eigenvalue weighted by molar-refractivity contribution is 0.311. The topological polar surface area (TPSA) is 32.6 Å². The van der Waals surface area contributed by atoms with Crippen LogP contribution in [0.25, 0.3) is 0 Å². The summed E-state index contributed by atoms with van der Waals surface area (Å²) < 4.78 is 0. The molecule has 0 heterocycles. The van der Waals surface area contributed by atoms with Gasteiger partial charge in [0.05, 0.1) is 5.71 Å². The van der Waals surface area contributed by atoms with Gasteiger partial charge in [-0.25, -0.2) is 0 Å². The normalized spacial score (nSPS) is 33.0. The lowest BCUT2D eigenvalue weighted by Crippen LogP contribution is -2.12. The molecule has 0 radical (unpaired) electrons. The maximum atomic E-state index is 8.40. The highest BCUT2D eigenvalue weighted by Crippen LogP contribution is 2.20. The van der Waals surface area contributed by atoms with Crippen LogP contribution in [0.1, 0.15) is 32.6 Å². The molecule has 1 aliphatic carbocycles. The van der Waals surface area contributed by atoms with Gasteiger partial charge in [0, 0.05) is 0 Å². The average Bonchev–Trinajstić information content (AvgIpc) is 1.88. The van der Waals surface area contributed by atoms with E-state index in [1.165, 1.54) is 12.8 Å². The first kappa shape index (κ1) is 6.59. The van der Waals surface area contributed by atoms with Crippen LogP contribution < -0.4 is 0 Å². The minimum absolute atomic E-state index is 0.727. The molecular formula is C7H13NO. The van der Waals surface area contributed by atoms with Gasteiger partial charge in [-0.3, -0.25) is 0 Å². The molecule has 0 aromatic carbocycles. The van der Waals surface area contributed by atoms with Crippen molar-refractivity contribution >= 4 is 5.71 Å². The lowest BCUT2D eigenvalue weighted by Gasteiger charge is -2.17. The van der Waals surface area contributed by atoms with Crippen LogP contribution in [0, 0.1) is 5.92 Å². The summed E-state index contributed by atoms with van der Waals surface area (Å²) in [4.78, 5) is 0. The van der Waals surface area contributed by atoms with E-state index in [0.717, 1.165) is 24.5 Å². The Bertz CT molecular complexity index is 120. The van der Waals surface area contributed by atoms with E-state index in [9.17, 15) is 0 Å². The van der Waals surface area contributed by atoms with Crippen molar-refractivity contribution in [2.45, 2.75) is 32.6 Å². The van der Waals surface area contributed by atoms with Crippen LogP contribution in [-0.4, -0.2) is 10.9 Å². The summed E-state index contributed by atoms with van der Waals surface area (Å²) in [6, 6.07) is 0. The summed E-state index contributed by atoms with van der Waals surface area (Å²) >= 11 is 0. The molecule has 1 rings (SSSR count). The molecule has 1 aliphatic rings. The Morgan fingerprint density at radius 3 is 2.89 bits per heavy atom. The molecule has 2 heteroatoms. The summed E-state index contributed by atoms with van der Waals surface area (Å²) in [5, 5.41) is 11.6. The van der Waals surface area contributed by atoms with Crippen molar-refractivity contribution in [3.05, 3.63) is 0 Å². The van der Waals surface area contributed by atoms with Crippen molar-refractivity contribution in [2.75, 3.05) is 0 Å². The molecule has 1 atom stereocenters. The predicted molar refractivity (Wildman–Crippen MR) is 36.9 cm³/mol. The minimum Gasteiger partial charge on any atom is -0.411 e. The maximum absolute atomic E-state index is 8.40. The number of rotatable bonds is 0. The maximum Gasteiger partial charge on any atom is 0.0573 e. The predicted octanol–water partition coefficient (Wildman–Crippen LogP) is 2.03. The number of hydrogen-bond donors (Lipinski definition) is 1. The highest BCUT2D eigenvalue weighted by molar-refractivity contribution is 5.84. The van der Waals surface area contributed by atoms with Gasteiger partial charge in [0.15, 0.2) is 0 Å². The zero-order chi connectivity index (χ0) is 6.69. The molecule has 52 valence electrons. The Balaban J connectivity index is 2.41. The van der Waals surface area contributed by atoms with E-state index in [1.54, 1.807) is 0 Å². The van der Waals surface area contributed by atoms with Gasteiger partial charge in [-0.15, -0.1) is 0 Å². The van der Waals surface area contributed by atoms with Gasteiger partial charge in [-0.1, -0.05) is 12.1 Å². The fourth-order valence-electron chi connectivity index (χ4n) is 1.35. The first-order chi connectivity index (χ1) is 4.33. The second-order valence-electron chi connectivity index (χ2n) is 2.87. The SMILES string of the molecule is CC1CCC/C(=N/O)C1. The number of nitrogens with zero attached hydrogens (tertiary/aromatic N) is 1. The molecule has 1 fully saturated rings. The van der Waals surface area contributed by atoms with Crippen LogP contribution in [-0.2, 0) is 0 Å². The van der Waals surface area contributed by atoms with Crippen molar-refractivity contribution in [2.24, 2.45) is 11.1 Å². The van der Waals surface area contributed by atoms with E-state index >= 15 is 0 Å². The fourth-order valence-corrected chi connectivity index (χ4v) is 1.35. The molecule has 0 aromatic rings. The van der Waals surface area contributed by atoms with E-state index < -0.39 is 0 Å². The Kier molecular flexibility index (Phi) is 2.09. The second-order valence-corrected chi connectivity index (χ2v) is 2.87. The molecule has 9 heavy (non-hydrogen) atoms. The fraction of sp³-hybridized carbons (Fsp3) is 0.857. The van der Waals surface area contributed by atoms with E-state index in [2.05, 4.69) is 12.1 Å². The van der Waals surface area contributed by atoms with Crippen LogP contribution in [0.15, 0.2) is 5.16 Å². The van der Waals surface area contributed by atoms with Gasteiger partial charge in [-0.05, 0) is 31.6 Å². The molecule has 1 saturated carbocycles. The van der Waals surface area contributed by atoms with Gasteiger partial charge in [-0.2, -0.15) is 0 Å². The molecule has 0 bridgehead atoms. The Morgan fingerprint density at radius 2 is 2.44 bits per heavy atom. The van der Waals surface area contributed by atoms with Crippen LogP contribution in [0.4, 0.5) is 0 Å². The van der Waals surface area contributed by atoms with Crippen LogP contribution in [0.5, 0.6) is 0 Å². The summed E-state index contributed by atoms with van der Waals surface area (Å²) in [5.41, 5.74) is 0.980. The Hall–Kier alpha value is -0.530. The first-order valence-corrected chi connectivity index (χ1v) is 3.52. The Morgan fingerprint density at radius 1 is 1.67 bits per heavy atom. The van der Waals surface area contributed by atoms with Crippen LogP contribution in [0.3, 0.4) is 0 Å². The van der Waals surface area contributed by atoms with Crippen molar-refractivity contribution in [3.8, 4) is 0 Å². The lowest BCUT2D eigenvalue weighted by atomic mass is 9.89.